The number of rotatable bonds is 8. The monoisotopic (exact) mass is 574 g/mol. The predicted molar refractivity (Wildman–Crippen MR) is 150 cm³/mol. The standard InChI is InChI=1S/C27H25FN6O4.C3H6O/c1-33-24(31-21-6-7-22(27(35)36)32-26(21)33)15-34-11-9-19(10-12-34)38-25-4-2-3-18(30-25)16-37-23-8-5-17(14-29)13-20(23)28;1-2-4-3-1/h2-8,13,19H,9-12,15-16H2,1H3,(H,35,36);1-3H2. The van der Waals surface area contributed by atoms with Gasteiger partial charge in [-0.1, -0.05) is 6.07 Å². The highest BCUT2D eigenvalue weighted by Crippen LogP contribution is 2.22. The zero-order valence-corrected chi connectivity index (χ0v) is 23.2. The number of carbonyl (C=O) groups is 1. The summed E-state index contributed by atoms with van der Waals surface area (Å²) in [5, 5.41) is 18.1. The van der Waals surface area contributed by atoms with Crippen molar-refractivity contribution in [3.05, 3.63) is 77.1 Å². The molecular formula is C30H31FN6O5. The van der Waals surface area contributed by atoms with Crippen molar-refractivity contribution in [1.82, 2.24) is 24.4 Å². The molecule has 0 saturated carbocycles. The van der Waals surface area contributed by atoms with Crippen LogP contribution in [0.2, 0.25) is 0 Å². The Bertz CT molecular complexity index is 1590. The number of carboxylic acid groups (broad SMARTS) is 1. The van der Waals surface area contributed by atoms with Gasteiger partial charge in [0, 0.05) is 39.4 Å². The van der Waals surface area contributed by atoms with Crippen LogP contribution in [0.5, 0.6) is 11.6 Å². The maximum Gasteiger partial charge on any atom is 0.354 e. The summed E-state index contributed by atoms with van der Waals surface area (Å²) in [6.45, 7) is 4.31. The van der Waals surface area contributed by atoms with E-state index in [2.05, 4.69) is 19.9 Å². The number of ether oxygens (including phenoxy) is 3. The fourth-order valence-corrected chi connectivity index (χ4v) is 4.52. The number of likely N-dealkylation sites (tertiary alicyclic amines) is 1. The molecule has 2 aliphatic rings. The highest BCUT2D eigenvalue weighted by atomic mass is 19.1. The van der Waals surface area contributed by atoms with Crippen LogP contribution < -0.4 is 9.47 Å². The minimum atomic E-state index is -1.07. The molecule has 2 saturated heterocycles. The van der Waals surface area contributed by atoms with E-state index in [-0.39, 0.29) is 29.7 Å². The SMILES string of the molecule is C1COC1.Cn1c(CN2CCC(Oc3cccc(COc4ccc(C#N)cc4F)n3)CC2)nc2ccc(C(=O)O)nc21. The Hall–Kier alpha value is -4.60. The van der Waals surface area contributed by atoms with E-state index in [9.17, 15) is 14.3 Å². The van der Waals surface area contributed by atoms with Crippen LogP contribution in [-0.4, -0.2) is 67.9 Å². The number of fused-ring (bicyclic) bond motifs is 1. The molecule has 0 aliphatic carbocycles. The molecule has 5 heterocycles. The molecule has 2 aliphatic heterocycles. The van der Waals surface area contributed by atoms with Crippen LogP contribution in [0.25, 0.3) is 11.2 Å². The smallest absolute Gasteiger partial charge is 0.354 e. The molecule has 0 spiro atoms. The van der Waals surface area contributed by atoms with Crippen molar-refractivity contribution in [3.63, 3.8) is 0 Å². The van der Waals surface area contributed by atoms with Crippen molar-refractivity contribution >= 4 is 17.1 Å². The van der Waals surface area contributed by atoms with Crippen LogP contribution in [0.4, 0.5) is 4.39 Å². The van der Waals surface area contributed by atoms with Crippen LogP contribution in [-0.2, 0) is 24.9 Å². The van der Waals surface area contributed by atoms with Gasteiger partial charge >= 0.3 is 5.97 Å². The first kappa shape index (κ1) is 28.9. The van der Waals surface area contributed by atoms with E-state index >= 15 is 0 Å². The number of nitriles is 1. The quantitative estimate of drug-likeness (QED) is 0.328. The Morgan fingerprint density at radius 3 is 2.57 bits per heavy atom. The van der Waals surface area contributed by atoms with Crippen molar-refractivity contribution < 1.29 is 28.5 Å². The number of imidazole rings is 1. The number of aryl methyl sites for hydroxylation is 1. The molecule has 42 heavy (non-hydrogen) atoms. The van der Waals surface area contributed by atoms with Crippen LogP contribution in [0.3, 0.4) is 0 Å². The second-order valence-corrected chi connectivity index (χ2v) is 10.0. The molecule has 4 aromatic rings. The summed E-state index contributed by atoms with van der Waals surface area (Å²) in [7, 11) is 1.84. The van der Waals surface area contributed by atoms with E-state index in [1.807, 2.05) is 23.8 Å². The van der Waals surface area contributed by atoms with E-state index in [4.69, 9.17) is 19.5 Å². The predicted octanol–water partition coefficient (Wildman–Crippen LogP) is 4.10. The van der Waals surface area contributed by atoms with E-state index in [0.29, 0.717) is 29.3 Å². The lowest BCUT2D eigenvalue weighted by molar-refractivity contribution is 0.0367. The highest BCUT2D eigenvalue weighted by molar-refractivity contribution is 5.88. The van der Waals surface area contributed by atoms with Crippen molar-refractivity contribution in [3.8, 4) is 17.7 Å². The molecule has 11 nitrogen and oxygen atoms in total. The molecule has 1 aromatic carbocycles. The lowest BCUT2D eigenvalue weighted by atomic mass is 10.1. The first-order valence-electron chi connectivity index (χ1n) is 13.7. The summed E-state index contributed by atoms with van der Waals surface area (Å²) >= 11 is 0. The normalized spacial score (nSPS) is 15.3. The molecule has 2 fully saturated rings. The summed E-state index contributed by atoms with van der Waals surface area (Å²) in [5.74, 6) is -0.293. The molecule has 0 bridgehead atoms. The fraction of sp³-hybridized carbons (Fsp3) is 0.367. The number of hydrogen-bond acceptors (Lipinski definition) is 9. The van der Waals surface area contributed by atoms with Crippen molar-refractivity contribution in [1.29, 1.82) is 5.26 Å². The Balaban J connectivity index is 0.000000813. The Morgan fingerprint density at radius 1 is 1.14 bits per heavy atom. The van der Waals surface area contributed by atoms with Crippen LogP contribution in [0, 0.1) is 17.1 Å². The van der Waals surface area contributed by atoms with Crippen molar-refractivity contribution in [2.24, 2.45) is 7.05 Å². The third kappa shape index (κ3) is 7.18. The van der Waals surface area contributed by atoms with Crippen LogP contribution in [0.15, 0.2) is 48.5 Å². The van der Waals surface area contributed by atoms with E-state index in [1.165, 1.54) is 24.6 Å². The summed E-state index contributed by atoms with van der Waals surface area (Å²) in [6.07, 6.45) is 2.90. The average molecular weight is 575 g/mol. The van der Waals surface area contributed by atoms with E-state index in [1.54, 1.807) is 18.2 Å². The lowest BCUT2D eigenvalue weighted by Crippen LogP contribution is -2.38. The van der Waals surface area contributed by atoms with Gasteiger partial charge in [-0.25, -0.2) is 24.1 Å². The first-order valence-corrected chi connectivity index (χ1v) is 13.7. The molecule has 3 aromatic heterocycles. The van der Waals surface area contributed by atoms with Gasteiger partial charge in [-0.15, -0.1) is 0 Å². The molecule has 0 unspecified atom stereocenters. The highest BCUT2D eigenvalue weighted by Gasteiger charge is 2.23. The summed E-state index contributed by atoms with van der Waals surface area (Å²) in [5.41, 5.74) is 2.05. The van der Waals surface area contributed by atoms with Gasteiger partial charge in [0.15, 0.2) is 22.9 Å². The van der Waals surface area contributed by atoms with Gasteiger partial charge in [0.2, 0.25) is 5.88 Å². The third-order valence-electron chi connectivity index (χ3n) is 7.01. The number of halogens is 1. The maximum atomic E-state index is 14.1. The van der Waals surface area contributed by atoms with Crippen LogP contribution in [0.1, 0.15) is 46.8 Å². The average Bonchev–Trinajstić information content (AvgIpc) is 3.26. The Kier molecular flexibility index (Phi) is 9.21. The van der Waals surface area contributed by atoms with Crippen molar-refractivity contribution in [2.45, 2.75) is 38.5 Å². The van der Waals surface area contributed by atoms with Gasteiger partial charge in [0.05, 0.1) is 23.9 Å². The van der Waals surface area contributed by atoms with Gasteiger partial charge in [-0.3, -0.25) is 4.90 Å². The number of carboxylic acids is 1. The molecule has 218 valence electrons. The molecule has 0 radical (unpaired) electrons. The number of aromatic carboxylic acids is 1. The second-order valence-electron chi connectivity index (χ2n) is 10.0. The van der Waals surface area contributed by atoms with E-state index in [0.717, 1.165) is 51.0 Å². The third-order valence-corrected chi connectivity index (χ3v) is 7.01. The van der Waals surface area contributed by atoms with Gasteiger partial charge in [-0.05, 0) is 55.7 Å². The largest absolute Gasteiger partial charge is 0.484 e. The second kappa shape index (κ2) is 13.4. The minimum absolute atomic E-state index is 0.00401. The summed E-state index contributed by atoms with van der Waals surface area (Å²) in [6, 6.07) is 14.5. The minimum Gasteiger partial charge on any atom is -0.484 e. The molecule has 6 rings (SSSR count). The van der Waals surface area contributed by atoms with Gasteiger partial charge in [0.1, 0.15) is 24.1 Å². The zero-order valence-electron chi connectivity index (χ0n) is 23.2. The lowest BCUT2D eigenvalue weighted by Gasteiger charge is -2.31. The van der Waals surface area contributed by atoms with Gasteiger partial charge in [-0.2, -0.15) is 5.26 Å². The van der Waals surface area contributed by atoms with Gasteiger partial charge < -0.3 is 23.9 Å². The number of benzene rings is 1. The molecule has 1 N–H and O–H groups in total. The molecule has 0 amide bonds. The Morgan fingerprint density at radius 2 is 1.90 bits per heavy atom. The van der Waals surface area contributed by atoms with Crippen LogP contribution >= 0.6 is 0 Å². The molecule has 12 heteroatoms. The number of aromatic nitrogens is 4. The summed E-state index contributed by atoms with van der Waals surface area (Å²) < 4.78 is 32.3. The maximum absolute atomic E-state index is 14.1. The molecular weight excluding hydrogens is 543 g/mol. The first-order chi connectivity index (χ1) is 20.4. The Labute approximate surface area is 242 Å². The summed E-state index contributed by atoms with van der Waals surface area (Å²) in [4.78, 5) is 26.9. The van der Waals surface area contributed by atoms with Gasteiger partial charge in [0.25, 0.3) is 0 Å². The van der Waals surface area contributed by atoms with E-state index < -0.39 is 11.8 Å². The van der Waals surface area contributed by atoms with Crippen molar-refractivity contribution in [2.75, 3.05) is 26.3 Å². The fourth-order valence-electron chi connectivity index (χ4n) is 4.52. The number of pyridine rings is 2. The number of piperidine rings is 1. The number of hydrogen-bond donors (Lipinski definition) is 1. The number of nitrogens with zero attached hydrogens (tertiary/aromatic N) is 6. The zero-order chi connectivity index (χ0) is 29.5. The molecule has 0 atom stereocenters. The topological polar surface area (TPSA) is 136 Å².